The summed E-state index contributed by atoms with van der Waals surface area (Å²) in [7, 11) is 0. The minimum atomic E-state index is 0.976. The van der Waals surface area contributed by atoms with Crippen LogP contribution in [0.25, 0.3) is 22.0 Å². The van der Waals surface area contributed by atoms with E-state index in [0.29, 0.717) is 0 Å². The van der Waals surface area contributed by atoms with Gasteiger partial charge in [0.15, 0.2) is 0 Å². The number of thiol groups is 1. The van der Waals surface area contributed by atoms with Crippen LogP contribution >= 0.6 is 24.2 Å². The van der Waals surface area contributed by atoms with Crippen molar-refractivity contribution >= 4 is 34.9 Å². The van der Waals surface area contributed by atoms with Crippen LogP contribution in [0, 0.1) is 0 Å². The predicted octanol–water partition coefficient (Wildman–Crippen LogP) is 4.25. The Morgan fingerprint density at radius 1 is 1.00 bits per heavy atom. The second kappa shape index (κ2) is 3.92. The lowest BCUT2D eigenvalue weighted by Crippen LogP contribution is -1.83. The Labute approximate surface area is 103 Å². The van der Waals surface area contributed by atoms with Crippen LogP contribution in [0.1, 0.15) is 0 Å². The molecule has 1 heterocycles. The molecule has 0 bridgehead atoms. The Hall–Kier alpha value is -1.32. The van der Waals surface area contributed by atoms with Crippen LogP contribution in [0.4, 0.5) is 0 Å². The number of hydrogen-bond donors (Lipinski definition) is 1. The number of hydrogen-bond acceptors (Lipinski definition) is 3. The highest BCUT2D eigenvalue weighted by Gasteiger charge is 2.08. The van der Waals surface area contributed by atoms with Gasteiger partial charge in [0, 0.05) is 15.8 Å². The van der Waals surface area contributed by atoms with Crippen molar-refractivity contribution in [2.75, 3.05) is 0 Å². The predicted molar refractivity (Wildman–Crippen MR) is 72.3 cm³/mol. The summed E-state index contributed by atoms with van der Waals surface area (Å²) < 4.78 is 4.39. The first-order valence-electron chi connectivity index (χ1n) is 4.98. The third-order valence-corrected chi connectivity index (χ3v) is 3.53. The monoisotopic (exact) mass is 243 g/mol. The van der Waals surface area contributed by atoms with Gasteiger partial charge in [0.1, 0.15) is 0 Å². The first kappa shape index (κ1) is 9.87. The van der Waals surface area contributed by atoms with E-state index in [1.165, 1.54) is 22.3 Å². The molecule has 0 amide bonds. The molecule has 3 heteroatoms. The van der Waals surface area contributed by atoms with Gasteiger partial charge in [0.2, 0.25) is 0 Å². The van der Waals surface area contributed by atoms with Crippen LogP contribution in [0.5, 0.6) is 0 Å². The average molecular weight is 243 g/mol. The van der Waals surface area contributed by atoms with Crippen molar-refractivity contribution in [1.29, 1.82) is 0 Å². The van der Waals surface area contributed by atoms with E-state index in [1.807, 2.05) is 29.6 Å². The van der Waals surface area contributed by atoms with E-state index in [-0.39, 0.29) is 0 Å². The third-order valence-electron chi connectivity index (χ3n) is 2.60. The van der Waals surface area contributed by atoms with Gasteiger partial charge in [0.05, 0.1) is 5.69 Å². The quantitative estimate of drug-likeness (QED) is 0.630. The number of rotatable bonds is 1. The second-order valence-corrected chi connectivity index (χ2v) is 4.71. The van der Waals surface area contributed by atoms with E-state index in [2.05, 4.69) is 35.2 Å². The molecule has 3 rings (SSSR count). The first-order chi connectivity index (χ1) is 7.86. The van der Waals surface area contributed by atoms with Gasteiger partial charge in [0.25, 0.3) is 0 Å². The van der Waals surface area contributed by atoms with E-state index in [9.17, 15) is 0 Å². The van der Waals surface area contributed by atoms with E-state index in [1.54, 1.807) is 0 Å². The minimum Gasteiger partial charge on any atom is -0.193 e. The van der Waals surface area contributed by atoms with Crippen molar-refractivity contribution in [2.24, 2.45) is 0 Å². The molecule has 0 atom stereocenters. The van der Waals surface area contributed by atoms with Gasteiger partial charge in [-0.05, 0) is 34.4 Å². The summed E-state index contributed by atoms with van der Waals surface area (Å²) in [5, 5.41) is 4.42. The molecule has 3 aromatic rings. The first-order valence-corrected chi connectivity index (χ1v) is 6.26. The summed E-state index contributed by atoms with van der Waals surface area (Å²) in [6.45, 7) is 0. The van der Waals surface area contributed by atoms with Crippen LogP contribution < -0.4 is 0 Å². The summed E-state index contributed by atoms with van der Waals surface area (Å²) in [6.07, 6.45) is 0. The SMILES string of the molecule is Sc1ccc2ccccc2c1-c1ccsn1. The van der Waals surface area contributed by atoms with Crippen molar-refractivity contribution in [3.05, 3.63) is 47.8 Å². The van der Waals surface area contributed by atoms with Crippen molar-refractivity contribution < 1.29 is 0 Å². The third kappa shape index (κ3) is 1.52. The fraction of sp³-hybridized carbons (Fsp3) is 0. The lowest BCUT2D eigenvalue weighted by atomic mass is 10.0. The molecule has 1 nitrogen and oxygen atoms in total. The standard InChI is InChI=1S/C13H9NS2/c15-12-6-5-9-3-1-2-4-10(9)13(12)11-7-8-16-14-11/h1-8,15H. The molecule has 0 saturated carbocycles. The van der Waals surface area contributed by atoms with Crippen LogP contribution in [-0.2, 0) is 0 Å². The van der Waals surface area contributed by atoms with Gasteiger partial charge < -0.3 is 0 Å². The van der Waals surface area contributed by atoms with Crippen molar-refractivity contribution in [3.8, 4) is 11.3 Å². The summed E-state index contributed by atoms with van der Waals surface area (Å²) in [4.78, 5) is 0.976. The summed E-state index contributed by atoms with van der Waals surface area (Å²) in [6, 6.07) is 14.5. The summed E-state index contributed by atoms with van der Waals surface area (Å²) in [5.74, 6) is 0. The molecular weight excluding hydrogens is 234 g/mol. The van der Waals surface area contributed by atoms with Gasteiger partial charge in [-0.2, -0.15) is 4.37 Å². The molecule has 78 valence electrons. The van der Waals surface area contributed by atoms with Crippen molar-refractivity contribution in [3.63, 3.8) is 0 Å². The normalized spacial score (nSPS) is 10.8. The molecular formula is C13H9NS2. The number of aromatic nitrogens is 1. The lowest BCUT2D eigenvalue weighted by Gasteiger charge is -2.06. The number of fused-ring (bicyclic) bond motifs is 1. The molecule has 0 radical (unpaired) electrons. The highest BCUT2D eigenvalue weighted by molar-refractivity contribution is 7.80. The zero-order valence-corrected chi connectivity index (χ0v) is 10.1. The summed E-state index contributed by atoms with van der Waals surface area (Å²) >= 11 is 5.99. The molecule has 16 heavy (non-hydrogen) atoms. The van der Waals surface area contributed by atoms with Gasteiger partial charge in [-0.1, -0.05) is 30.3 Å². The van der Waals surface area contributed by atoms with Crippen molar-refractivity contribution in [2.45, 2.75) is 4.90 Å². The van der Waals surface area contributed by atoms with E-state index < -0.39 is 0 Å². The van der Waals surface area contributed by atoms with Gasteiger partial charge >= 0.3 is 0 Å². The lowest BCUT2D eigenvalue weighted by molar-refractivity contribution is 1.45. The topological polar surface area (TPSA) is 12.9 Å². The molecule has 0 aliphatic carbocycles. The van der Waals surface area contributed by atoms with E-state index >= 15 is 0 Å². The molecule has 0 aliphatic rings. The van der Waals surface area contributed by atoms with E-state index in [0.717, 1.165) is 16.2 Å². The highest BCUT2D eigenvalue weighted by atomic mass is 32.1. The van der Waals surface area contributed by atoms with Gasteiger partial charge in [-0.25, -0.2) is 0 Å². The Morgan fingerprint density at radius 2 is 1.88 bits per heavy atom. The van der Waals surface area contributed by atoms with Crippen LogP contribution in [-0.4, -0.2) is 4.37 Å². The van der Waals surface area contributed by atoms with Crippen LogP contribution in [0.3, 0.4) is 0 Å². The Balaban J connectivity index is 2.42. The Morgan fingerprint density at radius 3 is 2.69 bits per heavy atom. The van der Waals surface area contributed by atoms with Crippen LogP contribution in [0.2, 0.25) is 0 Å². The smallest absolute Gasteiger partial charge is 0.0858 e. The maximum atomic E-state index is 4.52. The summed E-state index contributed by atoms with van der Waals surface area (Å²) in [5.41, 5.74) is 2.13. The second-order valence-electron chi connectivity index (χ2n) is 3.57. The molecule has 2 aromatic carbocycles. The molecule has 1 aromatic heterocycles. The number of benzene rings is 2. The minimum absolute atomic E-state index is 0.976. The van der Waals surface area contributed by atoms with Crippen LogP contribution in [0.15, 0.2) is 52.7 Å². The maximum Gasteiger partial charge on any atom is 0.0858 e. The average Bonchev–Trinajstić information content (AvgIpc) is 2.82. The fourth-order valence-electron chi connectivity index (χ4n) is 1.87. The molecule has 0 fully saturated rings. The maximum absolute atomic E-state index is 4.52. The Kier molecular flexibility index (Phi) is 2.42. The van der Waals surface area contributed by atoms with Gasteiger partial charge in [-0.15, -0.1) is 12.6 Å². The fourth-order valence-corrected chi connectivity index (χ4v) is 2.70. The Bertz CT molecular complexity index is 629. The molecule has 0 unspecified atom stereocenters. The zero-order chi connectivity index (χ0) is 11.0. The van der Waals surface area contributed by atoms with Crippen molar-refractivity contribution in [1.82, 2.24) is 4.37 Å². The zero-order valence-electron chi connectivity index (χ0n) is 8.42. The molecule has 0 spiro atoms. The highest BCUT2D eigenvalue weighted by Crippen LogP contribution is 2.33. The van der Waals surface area contributed by atoms with E-state index in [4.69, 9.17) is 0 Å². The molecule has 0 N–H and O–H groups in total. The number of nitrogens with zero attached hydrogens (tertiary/aromatic N) is 1. The van der Waals surface area contributed by atoms with Gasteiger partial charge in [-0.3, -0.25) is 0 Å². The molecule has 0 aliphatic heterocycles. The largest absolute Gasteiger partial charge is 0.193 e. The molecule has 0 saturated heterocycles.